The summed E-state index contributed by atoms with van der Waals surface area (Å²) >= 11 is 5.87. The van der Waals surface area contributed by atoms with Crippen LogP contribution in [0.4, 0.5) is 10.5 Å². The average molecular weight is 335 g/mol. The first-order valence-electron chi connectivity index (χ1n) is 7.61. The van der Waals surface area contributed by atoms with Crippen LogP contribution in [0.5, 0.6) is 0 Å². The van der Waals surface area contributed by atoms with Crippen LogP contribution in [0.2, 0.25) is 5.02 Å². The van der Waals surface area contributed by atoms with Crippen LogP contribution in [-0.2, 0) is 6.54 Å². The molecule has 6 nitrogen and oxygen atoms in total. The van der Waals surface area contributed by atoms with Gasteiger partial charge in [0.15, 0.2) is 0 Å². The maximum Gasteiger partial charge on any atom is 0.322 e. The van der Waals surface area contributed by atoms with Gasteiger partial charge in [-0.15, -0.1) is 0 Å². The lowest BCUT2D eigenvalue weighted by Crippen LogP contribution is -2.38. The van der Waals surface area contributed by atoms with Crippen LogP contribution < -0.4 is 5.32 Å². The van der Waals surface area contributed by atoms with Gasteiger partial charge in [-0.2, -0.15) is 5.10 Å². The maximum atomic E-state index is 12.2. The number of aromatic nitrogens is 2. The van der Waals surface area contributed by atoms with E-state index in [1.165, 1.54) is 0 Å². The number of amides is 2. The van der Waals surface area contributed by atoms with Crippen molar-refractivity contribution in [3.05, 3.63) is 47.2 Å². The van der Waals surface area contributed by atoms with Gasteiger partial charge in [-0.05, 0) is 30.5 Å². The van der Waals surface area contributed by atoms with E-state index in [1.807, 2.05) is 24.3 Å². The highest BCUT2D eigenvalue weighted by atomic mass is 35.5. The van der Waals surface area contributed by atoms with Gasteiger partial charge < -0.3 is 15.3 Å². The van der Waals surface area contributed by atoms with E-state index in [0.29, 0.717) is 23.8 Å². The molecule has 2 amide bonds. The zero-order valence-electron chi connectivity index (χ0n) is 12.7. The van der Waals surface area contributed by atoms with Gasteiger partial charge in [0.25, 0.3) is 0 Å². The van der Waals surface area contributed by atoms with Gasteiger partial charge in [0.05, 0.1) is 25.0 Å². The molecule has 0 atom stereocenters. The summed E-state index contributed by atoms with van der Waals surface area (Å²) in [7, 11) is 0. The van der Waals surface area contributed by atoms with Crippen LogP contribution in [0.25, 0.3) is 0 Å². The Morgan fingerprint density at radius 3 is 2.78 bits per heavy atom. The predicted octanol–water partition coefficient (Wildman–Crippen LogP) is 2.57. The monoisotopic (exact) mass is 334 g/mol. The van der Waals surface area contributed by atoms with Crippen molar-refractivity contribution in [2.24, 2.45) is 0 Å². The summed E-state index contributed by atoms with van der Waals surface area (Å²) in [5, 5.41) is 16.9. The minimum absolute atomic E-state index is 0.0280. The van der Waals surface area contributed by atoms with Crippen LogP contribution in [0.15, 0.2) is 36.7 Å². The number of hydrogen-bond acceptors (Lipinski definition) is 3. The molecular formula is C16H19ClN4O2. The van der Waals surface area contributed by atoms with Crippen molar-refractivity contribution < 1.29 is 9.90 Å². The number of hydrogen-bond donors (Lipinski definition) is 2. The van der Waals surface area contributed by atoms with Gasteiger partial charge in [0.1, 0.15) is 0 Å². The van der Waals surface area contributed by atoms with Crippen LogP contribution in [0.1, 0.15) is 18.4 Å². The zero-order chi connectivity index (χ0) is 16.2. The van der Waals surface area contributed by atoms with Crippen molar-refractivity contribution in [1.82, 2.24) is 14.7 Å². The Hall–Kier alpha value is -2.05. The van der Waals surface area contributed by atoms with E-state index >= 15 is 0 Å². The molecule has 0 unspecified atom stereocenters. The third kappa shape index (κ3) is 4.24. The second-order valence-electron chi connectivity index (χ2n) is 5.63. The molecule has 1 aromatic carbocycles. The fraction of sp³-hybridized carbons (Fsp3) is 0.375. The number of aliphatic hydroxyl groups excluding tert-OH is 1. The van der Waals surface area contributed by atoms with Crippen LogP contribution in [0, 0.1) is 0 Å². The first-order chi connectivity index (χ1) is 11.2. The lowest BCUT2D eigenvalue weighted by atomic mass is 10.2. The van der Waals surface area contributed by atoms with Gasteiger partial charge in [0.2, 0.25) is 0 Å². The number of halogens is 1. The smallest absolute Gasteiger partial charge is 0.322 e. The number of carbonyl (C=O) groups is 1. The first kappa shape index (κ1) is 15.8. The number of anilines is 1. The van der Waals surface area contributed by atoms with Gasteiger partial charge in [-0.25, -0.2) is 4.79 Å². The molecule has 1 aliphatic carbocycles. The summed E-state index contributed by atoms with van der Waals surface area (Å²) in [4.78, 5) is 13.9. The number of nitrogens with one attached hydrogen (secondary N) is 1. The molecule has 1 aromatic heterocycles. The van der Waals surface area contributed by atoms with E-state index in [2.05, 4.69) is 10.4 Å². The molecule has 1 fully saturated rings. The highest BCUT2D eigenvalue weighted by Gasteiger charge is 2.32. The molecule has 0 spiro atoms. The van der Waals surface area contributed by atoms with Crippen molar-refractivity contribution in [2.45, 2.75) is 25.4 Å². The fourth-order valence-corrected chi connectivity index (χ4v) is 2.56. The highest BCUT2D eigenvalue weighted by Crippen LogP contribution is 2.27. The molecule has 3 rings (SSSR count). The third-order valence-electron chi connectivity index (χ3n) is 3.73. The molecule has 0 bridgehead atoms. The Balaban J connectivity index is 1.60. The van der Waals surface area contributed by atoms with E-state index in [4.69, 9.17) is 16.7 Å². The molecule has 7 heteroatoms. The van der Waals surface area contributed by atoms with E-state index in [0.717, 1.165) is 18.4 Å². The van der Waals surface area contributed by atoms with Crippen molar-refractivity contribution in [1.29, 1.82) is 0 Å². The van der Waals surface area contributed by atoms with Gasteiger partial charge >= 0.3 is 6.03 Å². The molecule has 2 N–H and O–H groups in total. The van der Waals surface area contributed by atoms with Gasteiger partial charge in [-0.3, -0.25) is 4.68 Å². The molecule has 1 aliphatic rings. The lowest BCUT2D eigenvalue weighted by molar-refractivity contribution is 0.185. The Labute approximate surface area is 139 Å². The lowest BCUT2D eigenvalue weighted by Gasteiger charge is -2.21. The maximum absolute atomic E-state index is 12.2. The molecule has 23 heavy (non-hydrogen) atoms. The summed E-state index contributed by atoms with van der Waals surface area (Å²) in [5.41, 5.74) is 1.72. The minimum Gasteiger partial charge on any atom is -0.395 e. The Bertz CT molecular complexity index is 667. The molecule has 2 aromatic rings. The summed E-state index contributed by atoms with van der Waals surface area (Å²) in [5.74, 6) is 0. The number of aliphatic hydroxyl groups is 1. The standard InChI is InChI=1S/C16H19ClN4O2/c17-13-3-1-12(2-4-13)10-20-11-14(9-18-20)19-16(23)21(7-8-22)15-5-6-15/h1-4,9,11,15,22H,5-8,10H2,(H,19,23). The van der Waals surface area contributed by atoms with Crippen LogP contribution in [0.3, 0.4) is 0 Å². The quantitative estimate of drug-likeness (QED) is 0.853. The number of benzene rings is 1. The second kappa shape index (κ2) is 7.02. The Morgan fingerprint density at radius 1 is 1.39 bits per heavy atom. The normalized spacial score (nSPS) is 13.8. The van der Waals surface area contributed by atoms with Crippen molar-refractivity contribution >= 4 is 23.3 Å². The summed E-state index contributed by atoms with van der Waals surface area (Å²) in [6, 6.07) is 7.63. The Morgan fingerprint density at radius 2 is 2.13 bits per heavy atom. The second-order valence-corrected chi connectivity index (χ2v) is 6.07. The van der Waals surface area contributed by atoms with E-state index in [-0.39, 0.29) is 18.7 Å². The van der Waals surface area contributed by atoms with Gasteiger partial charge in [-0.1, -0.05) is 23.7 Å². The number of nitrogens with zero attached hydrogens (tertiary/aromatic N) is 3. The van der Waals surface area contributed by atoms with Gasteiger partial charge in [0, 0.05) is 23.8 Å². The van der Waals surface area contributed by atoms with E-state index in [9.17, 15) is 4.79 Å². The summed E-state index contributed by atoms with van der Waals surface area (Å²) in [6.07, 6.45) is 5.42. The molecule has 0 radical (unpaired) electrons. The molecule has 0 aliphatic heterocycles. The molecule has 1 heterocycles. The minimum atomic E-state index is -0.187. The molecule has 1 saturated carbocycles. The summed E-state index contributed by atoms with van der Waals surface area (Å²) < 4.78 is 1.76. The zero-order valence-corrected chi connectivity index (χ0v) is 13.4. The van der Waals surface area contributed by atoms with Crippen molar-refractivity contribution in [2.75, 3.05) is 18.5 Å². The van der Waals surface area contributed by atoms with Crippen LogP contribution >= 0.6 is 11.6 Å². The van der Waals surface area contributed by atoms with Crippen molar-refractivity contribution in [3.8, 4) is 0 Å². The molecule has 0 saturated heterocycles. The molecular weight excluding hydrogens is 316 g/mol. The highest BCUT2D eigenvalue weighted by molar-refractivity contribution is 6.30. The van der Waals surface area contributed by atoms with Crippen molar-refractivity contribution in [3.63, 3.8) is 0 Å². The largest absolute Gasteiger partial charge is 0.395 e. The third-order valence-corrected chi connectivity index (χ3v) is 3.98. The van der Waals surface area contributed by atoms with E-state index < -0.39 is 0 Å². The Kier molecular flexibility index (Phi) is 4.83. The topological polar surface area (TPSA) is 70.4 Å². The SMILES string of the molecule is O=C(Nc1cnn(Cc2ccc(Cl)cc2)c1)N(CCO)C1CC1. The number of rotatable bonds is 6. The average Bonchev–Trinajstić information content (AvgIpc) is 3.28. The first-order valence-corrected chi connectivity index (χ1v) is 7.99. The number of carbonyl (C=O) groups excluding carboxylic acids is 1. The fourth-order valence-electron chi connectivity index (χ4n) is 2.43. The number of urea groups is 1. The van der Waals surface area contributed by atoms with Crippen LogP contribution in [-0.4, -0.2) is 45.0 Å². The summed E-state index contributed by atoms with van der Waals surface area (Å²) in [6.45, 7) is 0.936. The molecule has 122 valence electrons. The van der Waals surface area contributed by atoms with E-state index in [1.54, 1.807) is 22.0 Å². The predicted molar refractivity (Wildman–Crippen MR) is 88.6 cm³/mol.